The smallest absolute Gasteiger partial charge is 0.303 e. The largest absolute Gasteiger partial charge is 0.465 e. The van der Waals surface area contributed by atoms with Crippen molar-refractivity contribution < 1.29 is 14.4 Å². The van der Waals surface area contributed by atoms with Crippen molar-refractivity contribution in [1.29, 1.82) is 0 Å². The zero-order valence-corrected chi connectivity index (χ0v) is 15.7. The lowest BCUT2D eigenvalue weighted by Crippen LogP contribution is -2.23. The normalized spacial score (nSPS) is 13.6. The van der Waals surface area contributed by atoms with Gasteiger partial charge in [-0.1, -0.05) is 11.2 Å². The molecule has 144 valence electrons. The van der Waals surface area contributed by atoms with Gasteiger partial charge in [0, 0.05) is 18.3 Å². The van der Waals surface area contributed by atoms with Crippen LogP contribution in [0.3, 0.4) is 0 Å². The predicted molar refractivity (Wildman–Crippen MR) is 102 cm³/mol. The summed E-state index contributed by atoms with van der Waals surface area (Å²) >= 11 is 0. The van der Waals surface area contributed by atoms with Gasteiger partial charge in [-0.2, -0.15) is 9.97 Å². The summed E-state index contributed by atoms with van der Waals surface area (Å²) in [4.78, 5) is 12.8. The van der Waals surface area contributed by atoms with Crippen LogP contribution < -0.4 is 10.5 Å². The average molecular weight is 380 g/mol. The number of imidazole rings is 1. The summed E-state index contributed by atoms with van der Waals surface area (Å²) in [6.45, 7) is 5.75. The Kier molecular flexibility index (Phi) is 4.23. The Morgan fingerprint density at radius 2 is 2.07 bits per heavy atom. The Morgan fingerprint density at radius 3 is 2.75 bits per heavy atom. The maximum Gasteiger partial charge on any atom is 0.303 e. The molecule has 0 aliphatic carbocycles. The van der Waals surface area contributed by atoms with Gasteiger partial charge in [-0.3, -0.25) is 0 Å². The molecule has 0 radical (unpaired) electrons. The minimum atomic E-state index is -1.35. The van der Waals surface area contributed by atoms with Crippen molar-refractivity contribution in [1.82, 2.24) is 24.7 Å². The lowest BCUT2D eigenvalue weighted by Gasteiger charge is -2.21. The van der Waals surface area contributed by atoms with Crippen molar-refractivity contribution in [2.45, 2.75) is 26.4 Å². The highest BCUT2D eigenvalue weighted by Gasteiger charge is 2.30. The van der Waals surface area contributed by atoms with Crippen LogP contribution in [0, 0.1) is 6.92 Å². The number of nitrogens with zero attached hydrogens (tertiary/aromatic N) is 5. The standard InChI is InChI=1S/C19H20N6O3/c1-4-27-18-22-13-6-5-12(19(3,26)15-9-11(2)28-24-15)10-14(13)25(18)16-7-8-21-17(20)23-16/h5-10,26H,4H2,1-3H3,(H2,20,21,23). The van der Waals surface area contributed by atoms with Crippen LogP contribution in [0.2, 0.25) is 0 Å². The van der Waals surface area contributed by atoms with E-state index in [9.17, 15) is 5.11 Å². The monoisotopic (exact) mass is 380 g/mol. The summed E-state index contributed by atoms with van der Waals surface area (Å²) in [6.07, 6.45) is 1.57. The first-order valence-corrected chi connectivity index (χ1v) is 8.81. The van der Waals surface area contributed by atoms with E-state index in [2.05, 4.69) is 20.1 Å². The summed E-state index contributed by atoms with van der Waals surface area (Å²) < 4.78 is 12.6. The molecule has 0 aliphatic rings. The van der Waals surface area contributed by atoms with Crippen LogP contribution >= 0.6 is 0 Å². The molecule has 0 saturated heterocycles. The second kappa shape index (κ2) is 6.61. The maximum absolute atomic E-state index is 11.1. The zero-order valence-electron chi connectivity index (χ0n) is 15.7. The third-order valence-electron chi connectivity index (χ3n) is 4.47. The minimum absolute atomic E-state index is 0.142. The van der Waals surface area contributed by atoms with Crippen molar-refractivity contribution in [3.8, 4) is 11.8 Å². The number of nitrogens with two attached hydrogens (primary N) is 1. The number of aliphatic hydroxyl groups is 1. The van der Waals surface area contributed by atoms with Crippen molar-refractivity contribution in [3.63, 3.8) is 0 Å². The third-order valence-corrected chi connectivity index (χ3v) is 4.47. The number of hydrogen-bond donors (Lipinski definition) is 2. The van der Waals surface area contributed by atoms with Gasteiger partial charge >= 0.3 is 6.01 Å². The van der Waals surface area contributed by atoms with E-state index in [0.717, 1.165) is 0 Å². The molecule has 3 aromatic heterocycles. The molecule has 0 spiro atoms. The molecule has 0 saturated carbocycles. The molecule has 1 aromatic carbocycles. The van der Waals surface area contributed by atoms with Gasteiger partial charge < -0.3 is 20.1 Å². The minimum Gasteiger partial charge on any atom is -0.465 e. The molecule has 1 unspecified atom stereocenters. The van der Waals surface area contributed by atoms with Crippen LogP contribution in [0.25, 0.3) is 16.9 Å². The summed E-state index contributed by atoms with van der Waals surface area (Å²) in [7, 11) is 0. The van der Waals surface area contributed by atoms with Crippen LogP contribution in [0.15, 0.2) is 41.1 Å². The van der Waals surface area contributed by atoms with E-state index >= 15 is 0 Å². The van der Waals surface area contributed by atoms with Gasteiger partial charge in [-0.15, -0.1) is 0 Å². The first-order valence-electron chi connectivity index (χ1n) is 8.81. The Morgan fingerprint density at radius 1 is 1.25 bits per heavy atom. The highest BCUT2D eigenvalue weighted by atomic mass is 16.5. The van der Waals surface area contributed by atoms with E-state index in [0.29, 0.717) is 46.5 Å². The van der Waals surface area contributed by atoms with E-state index in [-0.39, 0.29) is 5.95 Å². The second-order valence-electron chi connectivity index (χ2n) is 6.53. The zero-order chi connectivity index (χ0) is 19.9. The number of fused-ring (bicyclic) bond motifs is 1. The SMILES string of the molecule is CCOc1nc2ccc(C(C)(O)c3cc(C)on3)cc2n1-c1ccnc(N)n1. The molecule has 4 aromatic rings. The number of rotatable bonds is 5. The Hall–Kier alpha value is -3.46. The lowest BCUT2D eigenvalue weighted by atomic mass is 9.92. The lowest BCUT2D eigenvalue weighted by molar-refractivity contribution is 0.0933. The van der Waals surface area contributed by atoms with Crippen molar-refractivity contribution in [2.24, 2.45) is 0 Å². The molecule has 3 heterocycles. The quantitative estimate of drug-likeness (QED) is 0.540. The molecule has 9 heteroatoms. The number of aromatic nitrogens is 5. The number of benzene rings is 1. The first kappa shape index (κ1) is 17.9. The average Bonchev–Trinajstić information content (AvgIpc) is 3.25. The van der Waals surface area contributed by atoms with Gasteiger partial charge in [0.15, 0.2) is 0 Å². The highest BCUT2D eigenvalue weighted by Crippen LogP contribution is 2.33. The van der Waals surface area contributed by atoms with Crippen LogP contribution in [0.1, 0.15) is 30.9 Å². The number of nitrogen functional groups attached to an aromatic ring is 1. The van der Waals surface area contributed by atoms with Crippen molar-refractivity contribution >= 4 is 17.0 Å². The molecular weight excluding hydrogens is 360 g/mol. The van der Waals surface area contributed by atoms with Crippen molar-refractivity contribution in [3.05, 3.63) is 53.5 Å². The molecule has 3 N–H and O–H groups in total. The fourth-order valence-electron chi connectivity index (χ4n) is 3.04. The topological polar surface area (TPSA) is 125 Å². The fraction of sp³-hybridized carbons (Fsp3) is 0.263. The molecular formula is C19H20N6O3. The van der Waals surface area contributed by atoms with Gasteiger partial charge in [-0.05, 0) is 38.5 Å². The van der Waals surface area contributed by atoms with E-state index in [1.165, 1.54) is 0 Å². The molecule has 0 aliphatic heterocycles. The molecule has 0 bridgehead atoms. The predicted octanol–water partition coefficient (Wildman–Crippen LogP) is 2.35. The maximum atomic E-state index is 11.1. The van der Waals surface area contributed by atoms with Gasteiger partial charge in [0.2, 0.25) is 5.95 Å². The molecule has 1 atom stereocenters. The number of ether oxygens (including phenoxy) is 1. The molecule has 0 amide bonds. The van der Waals surface area contributed by atoms with E-state index in [1.54, 1.807) is 42.8 Å². The van der Waals surface area contributed by atoms with Gasteiger partial charge in [0.25, 0.3) is 0 Å². The Labute approximate surface area is 160 Å². The first-order chi connectivity index (χ1) is 13.4. The Balaban J connectivity index is 1.92. The fourth-order valence-corrected chi connectivity index (χ4v) is 3.04. The van der Waals surface area contributed by atoms with Gasteiger partial charge in [0.1, 0.15) is 22.9 Å². The van der Waals surface area contributed by atoms with Gasteiger partial charge in [0.05, 0.1) is 17.6 Å². The van der Waals surface area contributed by atoms with E-state index in [1.807, 2.05) is 19.1 Å². The van der Waals surface area contributed by atoms with Crippen LogP contribution in [-0.4, -0.2) is 36.4 Å². The molecule has 4 rings (SSSR count). The summed E-state index contributed by atoms with van der Waals surface area (Å²) in [6, 6.07) is 9.24. The molecule has 9 nitrogen and oxygen atoms in total. The number of aryl methyl sites for hydroxylation is 1. The highest BCUT2D eigenvalue weighted by molar-refractivity contribution is 5.80. The Bertz CT molecular complexity index is 1150. The number of hydrogen-bond acceptors (Lipinski definition) is 8. The van der Waals surface area contributed by atoms with E-state index in [4.69, 9.17) is 15.0 Å². The van der Waals surface area contributed by atoms with Gasteiger partial charge in [-0.25, -0.2) is 9.55 Å². The van der Waals surface area contributed by atoms with E-state index < -0.39 is 5.60 Å². The van der Waals surface area contributed by atoms with Crippen LogP contribution in [0.5, 0.6) is 6.01 Å². The second-order valence-corrected chi connectivity index (χ2v) is 6.53. The summed E-state index contributed by atoms with van der Waals surface area (Å²) in [5.74, 6) is 1.28. The van der Waals surface area contributed by atoms with Crippen LogP contribution in [-0.2, 0) is 5.60 Å². The summed E-state index contributed by atoms with van der Waals surface area (Å²) in [5.41, 5.74) is 6.85. The molecule has 28 heavy (non-hydrogen) atoms. The van der Waals surface area contributed by atoms with Crippen LogP contribution in [0.4, 0.5) is 5.95 Å². The summed E-state index contributed by atoms with van der Waals surface area (Å²) in [5, 5.41) is 15.1. The number of anilines is 1. The third kappa shape index (κ3) is 2.95. The molecule has 0 fully saturated rings. The van der Waals surface area contributed by atoms with Crippen molar-refractivity contribution in [2.75, 3.05) is 12.3 Å².